The number of rotatable bonds is 7. The van der Waals surface area contributed by atoms with Crippen LogP contribution in [0.3, 0.4) is 0 Å². The van der Waals surface area contributed by atoms with Gasteiger partial charge in [-0.25, -0.2) is 4.79 Å². The van der Waals surface area contributed by atoms with Crippen LogP contribution in [0, 0.1) is 12.3 Å². The molecule has 0 aromatic carbocycles. The summed E-state index contributed by atoms with van der Waals surface area (Å²) in [6.45, 7) is 0. The van der Waals surface area contributed by atoms with Crippen LogP contribution in [0.2, 0.25) is 0 Å². The van der Waals surface area contributed by atoms with Gasteiger partial charge in [-0.3, -0.25) is 9.59 Å². The Kier molecular flexibility index (Phi) is 6.36. The van der Waals surface area contributed by atoms with E-state index in [0.29, 0.717) is 0 Å². The number of amides is 2. The van der Waals surface area contributed by atoms with E-state index < -0.39 is 29.9 Å². The molecule has 17 heavy (non-hydrogen) atoms. The van der Waals surface area contributed by atoms with Crippen molar-refractivity contribution in [3.8, 4) is 12.3 Å². The van der Waals surface area contributed by atoms with Crippen LogP contribution < -0.4 is 16.8 Å². The van der Waals surface area contributed by atoms with Crippen molar-refractivity contribution in [2.24, 2.45) is 11.5 Å². The first kappa shape index (κ1) is 14.9. The maximum atomic E-state index is 11.4. The number of hydrogen-bond donors (Lipinski definition) is 4. The Balaban J connectivity index is 4.35. The lowest BCUT2D eigenvalue weighted by molar-refractivity contribution is -0.142. The van der Waals surface area contributed by atoms with Gasteiger partial charge in [-0.1, -0.05) is 0 Å². The molecule has 0 radical (unpaired) electrons. The van der Waals surface area contributed by atoms with Gasteiger partial charge in [-0.2, -0.15) is 0 Å². The van der Waals surface area contributed by atoms with Crippen LogP contribution in [0.4, 0.5) is 0 Å². The van der Waals surface area contributed by atoms with Crippen molar-refractivity contribution < 1.29 is 19.5 Å². The molecule has 7 heteroatoms. The zero-order chi connectivity index (χ0) is 13.4. The topological polar surface area (TPSA) is 136 Å². The quantitative estimate of drug-likeness (QED) is 0.389. The third kappa shape index (κ3) is 6.17. The molecule has 0 fully saturated rings. The second-order valence-electron chi connectivity index (χ2n) is 3.42. The van der Waals surface area contributed by atoms with Gasteiger partial charge in [0, 0.05) is 12.8 Å². The number of terminal acetylenes is 1. The summed E-state index contributed by atoms with van der Waals surface area (Å²) in [7, 11) is 0. The molecule has 7 nitrogen and oxygen atoms in total. The number of aliphatic carboxylic acids is 1. The molecule has 0 saturated heterocycles. The molecule has 2 amide bonds. The minimum atomic E-state index is -1.26. The summed E-state index contributed by atoms with van der Waals surface area (Å²) in [4.78, 5) is 32.7. The highest BCUT2D eigenvalue weighted by Gasteiger charge is 2.23. The summed E-state index contributed by atoms with van der Waals surface area (Å²) in [5, 5.41) is 11.0. The fourth-order valence-corrected chi connectivity index (χ4v) is 1.04. The second kappa shape index (κ2) is 7.24. The Hall–Kier alpha value is -2.07. The van der Waals surface area contributed by atoms with Crippen LogP contribution in [-0.2, 0) is 14.4 Å². The predicted octanol–water partition coefficient (Wildman–Crippen LogP) is -1.83. The summed E-state index contributed by atoms with van der Waals surface area (Å²) in [5.74, 6) is -0.370. The number of carboxylic acid groups (broad SMARTS) is 1. The first-order chi connectivity index (χ1) is 7.88. The summed E-state index contributed by atoms with van der Waals surface area (Å²) in [6.07, 6.45) is 4.76. The minimum absolute atomic E-state index is 0.00793. The second-order valence-corrected chi connectivity index (χ2v) is 3.42. The molecule has 0 aliphatic heterocycles. The monoisotopic (exact) mass is 241 g/mol. The third-order valence-corrected chi connectivity index (χ3v) is 1.97. The Labute approximate surface area is 98.5 Å². The lowest BCUT2D eigenvalue weighted by atomic mass is 10.1. The molecule has 0 aromatic rings. The Morgan fingerprint density at radius 1 is 1.41 bits per heavy atom. The zero-order valence-corrected chi connectivity index (χ0v) is 9.18. The van der Waals surface area contributed by atoms with Gasteiger partial charge in [0.1, 0.15) is 6.04 Å². The van der Waals surface area contributed by atoms with Crippen LogP contribution in [0.25, 0.3) is 0 Å². The van der Waals surface area contributed by atoms with E-state index in [1.807, 2.05) is 0 Å². The summed E-state index contributed by atoms with van der Waals surface area (Å²) < 4.78 is 0. The van der Waals surface area contributed by atoms with Crippen LogP contribution in [0.5, 0.6) is 0 Å². The van der Waals surface area contributed by atoms with Crippen molar-refractivity contribution in [1.82, 2.24) is 5.32 Å². The van der Waals surface area contributed by atoms with E-state index in [4.69, 9.17) is 23.0 Å². The van der Waals surface area contributed by atoms with Gasteiger partial charge >= 0.3 is 5.97 Å². The molecule has 2 unspecified atom stereocenters. The molecule has 0 heterocycles. The number of carboxylic acids is 1. The van der Waals surface area contributed by atoms with Gasteiger partial charge in [0.15, 0.2) is 0 Å². The molecule has 0 spiro atoms. The molecule has 0 bridgehead atoms. The minimum Gasteiger partial charge on any atom is -0.480 e. The fraction of sp³-hybridized carbons (Fsp3) is 0.500. The van der Waals surface area contributed by atoms with Crippen LogP contribution in [0.1, 0.15) is 19.3 Å². The molecule has 0 saturated carbocycles. The van der Waals surface area contributed by atoms with E-state index in [1.54, 1.807) is 0 Å². The number of carbonyl (C=O) groups is 3. The molecule has 6 N–H and O–H groups in total. The summed E-state index contributed by atoms with van der Waals surface area (Å²) in [6, 6.07) is -2.16. The Bertz CT molecular complexity index is 348. The smallest absolute Gasteiger partial charge is 0.326 e. The van der Waals surface area contributed by atoms with Gasteiger partial charge in [-0.15, -0.1) is 12.3 Å². The predicted molar refractivity (Wildman–Crippen MR) is 59.4 cm³/mol. The lowest BCUT2D eigenvalue weighted by Crippen LogP contribution is -2.48. The van der Waals surface area contributed by atoms with Crippen molar-refractivity contribution in [3.05, 3.63) is 0 Å². The van der Waals surface area contributed by atoms with Crippen molar-refractivity contribution in [1.29, 1.82) is 0 Å². The molecule has 0 rings (SSSR count). The number of hydrogen-bond acceptors (Lipinski definition) is 4. The van der Waals surface area contributed by atoms with E-state index in [2.05, 4.69) is 11.2 Å². The van der Waals surface area contributed by atoms with Gasteiger partial charge in [0.05, 0.1) is 6.04 Å². The van der Waals surface area contributed by atoms with Crippen LogP contribution >= 0.6 is 0 Å². The molecule has 0 aliphatic carbocycles. The highest BCUT2D eigenvalue weighted by atomic mass is 16.4. The molecule has 0 aromatic heterocycles. The average Bonchev–Trinajstić information content (AvgIpc) is 2.23. The number of nitrogens with one attached hydrogen (secondary N) is 1. The summed E-state index contributed by atoms with van der Waals surface area (Å²) in [5.41, 5.74) is 10.3. The maximum Gasteiger partial charge on any atom is 0.326 e. The van der Waals surface area contributed by atoms with E-state index in [9.17, 15) is 14.4 Å². The van der Waals surface area contributed by atoms with Gasteiger partial charge in [0.25, 0.3) is 0 Å². The van der Waals surface area contributed by atoms with Gasteiger partial charge < -0.3 is 21.9 Å². The SMILES string of the molecule is C#CCC(N)C(=O)NC(CCC(N)=O)C(=O)O. The van der Waals surface area contributed by atoms with Gasteiger partial charge in [0.2, 0.25) is 11.8 Å². The maximum absolute atomic E-state index is 11.4. The normalized spacial score (nSPS) is 13.2. The van der Waals surface area contributed by atoms with Crippen molar-refractivity contribution in [3.63, 3.8) is 0 Å². The Morgan fingerprint density at radius 3 is 2.41 bits per heavy atom. The molecular weight excluding hydrogens is 226 g/mol. The number of nitrogens with two attached hydrogens (primary N) is 2. The third-order valence-electron chi connectivity index (χ3n) is 1.97. The number of carbonyl (C=O) groups excluding carboxylic acids is 2. The van der Waals surface area contributed by atoms with E-state index in [0.717, 1.165) is 0 Å². The standard InChI is InChI=1S/C10H15N3O4/c1-2-3-6(11)9(15)13-7(10(16)17)4-5-8(12)14/h1,6-7H,3-5,11H2,(H2,12,14)(H,13,15)(H,16,17). The fourth-order valence-electron chi connectivity index (χ4n) is 1.04. The summed E-state index contributed by atoms with van der Waals surface area (Å²) >= 11 is 0. The highest BCUT2D eigenvalue weighted by Crippen LogP contribution is 1.98. The molecule has 2 atom stereocenters. The van der Waals surface area contributed by atoms with E-state index in [-0.39, 0.29) is 19.3 Å². The molecular formula is C10H15N3O4. The highest BCUT2D eigenvalue weighted by molar-refractivity contribution is 5.87. The van der Waals surface area contributed by atoms with E-state index in [1.165, 1.54) is 0 Å². The average molecular weight is 241 g/mol. The van der Waals surface area contributed by atoms with Gasteiger partial charge in [-0.05, 0) is 6.42 Å². The lowest BCUT2D eigenvalue weighted by Gasteiger charge is -2.16. The van der Waals surface area contributed by atoms with Crippen molar-refractivity contribution in [2.45, 2.75) is 31.3 Å². The van der Waals surface area contributed by atoms with Crippen molar-refractivity contribution in [2.75, 3.05) is 0 Å². The first-order valence-corrected chi connectivity index (χ1v) is 4.89. The molecule has 0 aliphatic rings. The largest absolute Gasteiger partial charge is 0.480 e. The van der Waals surface area contributed by atoms with Crippen molar-refractivity contribution >= 4 is 17.8 Å². The first-order valence-electron chi connectivity index (χ1n) is 4.89. The van der Waals surface area contributed by atoms with Crippen LogP contribution in [-0.4, -0.2) is 35.0 Å². The number of primary amides is 1. The molecule has 94 valence electrons. The van der Waals surface area contributed by atoms with E-state index >= 15 is 0 Å². The van der Waals surface area contributed by atoms with Crippen LogP contribution in [0.15, 0.2) is 0 Å². The Morgan fingerprint density at radius 2 is 2.00 bits per heavy atom. The zero-order valence-electron chi connectivity index (χ0n) is 9.18.